The van der Waals surface area contributed by atoms with Gasteiger partial charge in [-0.25, -0.2) is 12.8 Å². The van der Waals surface area contributed by atoms with Gasteiger partial charge in [-0.3, -0.25) is 9.10 Å². The molecule has 1 amide bonds. The van der Waals surface area contributed by atoms with Crippen LogP contribution in [0.2, 0.25) is 0 Å². The lowest BCUT2D eigenvalue weighted by Gasteiger charge is -2.24. The predicted molar refractivity (Wildman–Crippen MR) is 127 cm³/mol. The molecule has 174 valence electrons. The Labute approximate surface area is 194 Å². The highest BCUT2D eigenvalue weighted by Crippen LogP contribution is 2.23. The summed E-state index contributed by atoms with van der Waals surface area (Å²) in [6.07, 6.45) is 1.75. The molecule has 0 bridgehead atoms. The smallest absolute Gasteiger partial charge is 0.241 e. The van der Waals surface area contributed by atoms with E-state index in [4.69, 9.17) is 4.74 Å². The van der Waals surface area contributed by atoms with Crippen molar-refractivity contribution < 1.29 is 22.3 Å². The number of hydrogen-bond acceptors (Lipinski definition) is 4. The Bertz CT molecular complexity index is 1180. The number of nitrogens with zero attached hydrogens (tertiary/aromatic N) is 1. The Morgan fingerprint density at radius 2 is 1.61 bits per heavy atom. The monoisotopic (exact) mass is 470 g/mol. The average molecular weight is 471 g/mol. The highest BCUT2D eigenvalue weighted by atomic mass is 32.2. The largest absolute Gasteiger partial charge is 0.489 e. The number of nitrogens with one attached hydrogen (secondary N) is 1. The van der Waals surface area contributed by atoms with E-state index in [-0.39, 0.29) is 18.9 Å². The summed E-state index contributed by atoms with van der Waals surface area (Å²) in [6.45, 7) is 2.21. The number of halogens is 1. The van der Waals surface area contributed by atoms with Crippen molar-refractivity contribution in [3.05, 3.63) is 95.3 Å². The fourth-order valence-corrected chi connectivity index (χ4v) is 4.16. The molecule has 6 nitrogen and oxygen atoms in total. The lowest BCUT2D eigenvalue weighted by Crippen LogP contribution is -2.40. The maximum atomic E-state index is 13.0. The van der Waals surface area contributed by atoms with E-state index in [1.165, 1.54) is 12.1 Å². The number of anilines is 1. The van der Waals surface area contributed by atoms with Crippen LogP contribution in [0.25, 0.3) is 0 Å². The standard InChI is InChI=1S/C25H27FN2O4S/c1-3-21-6-4-5-7-24(21)28(33(2,30)31)17-25(29)27-16-19-10-14-23(15-11-19)32-18-20-8-12-22(26)13-9-20/h4-15H,3,16-18H2,1-2H3,(H,27,29). The van der Waals surface area contributed by atoms with Gasteiger partial charge in [0.05, 0.1) is 11.9 Å². The normalized spacial score (nSPS) is 11.1. The first kappa shape index (κ1) is 24.3. The minimum atomic E-state index is -3.63. The molecule has 0 aliphatic carbocycles. The molecule has 0 fully saturated rings. The van der Waals surface area contributed by atoms with Crippen LogP contribution in [0.1, 0.15) is 23.6 Å². The van der Waals surface area contributed by atoms with Crippen LogP contribution in [0, 0.1) is 5.82 Å². The quantitative estimate of drug-likeness (QED) is 0.485. The first-order valence-electron chi connectivity index (χ1n) is 10.5. The highest BCUT2D eigenvalue weighted by Gasteiger charge is 2.22. The molecule has 0 aliphatic heterocycles. The van der Waals surface area contributed by atoms with E-state index in [0.29, 0.717) is 24.5 Å². The third-order valence-electron chi connectivity index (χ3n) is 5.06. The van der Waals surface area contributed by atoms with Gasteiger partial charge >= 0.3 is 0 Å². The second-order valence-corrected chi connectivity index (χ2v) is 9.49. The molecule has 0 spiro atoms. The first-order valence-corrected chi connectivity index (χ1v) is 12.4. The number of aryl methyl sites for hydroxylation is 1. The van der Waals surface area contributed by atoms with Crippen molar-refractivity contribution in [3.63, 3.8) is 0 Å². The molecule has 0 aliphatic rings. The maximum Gasteiger partial charge on any atom is 0.241 e. The second-order valence-electron chi connectivity index (χ2n) is 7.59. The highest BCUT2D eigenvalue weighted by molar-refractivity contribution is 7.92. The molecule has 0 unspecified atom stereocenters. The minimum Gasteiger partial charge on any atom is -0.489 e. The fourth-order valence-electron chi connectivity index (χ4n) is 3.27. The summed E-state index contributed by atoms with van der Waals surface area (Å²) in [5, 5.41) is 2.77. The fraction of sp³-hybridized carbons (Fsp3) is 0.240. The number of ether oxygens (including phenoxy) is 1. The van der Waals surface area contributed by atoms with Crippen LogP contribution in [-0.2, 0) is 34.4 Å². The lowest BCUT2D eigenvalue weighted by atomic mass is 10.1. The molecule has 0 saturated heterocycles. The van der Waals surface area contributed by atoms with Gasteiger partial charge in [0, 0.05) is 6.54 Å². The Morgan fingerprint density at radius 1 is 0.970 bits per heavy atom. The van der Waals surface area contributed by atoms with Crippen LogP contribution in [-0.4, -0.2) is 27.1 Å². The van der Waals surface area contributed by atoms with Crippen molar-refractivity contribution in [3.8, 4) is 5.75 Å². The number of para-hydroxylation sites is 1. The van der Waals surface area contributed by atoms with E-state index in [9.17, 15) is 17.6 Å². The summed E-state index contributed by atoms with van der Waals surface area (Å²) >= 11 is 0. The number of hydrogen-bond donors (Lipinski definition) is 1. The summed E-state index contributed by atoms with van der Waals surface area (Å²) in [7, 11) is -3.63. The Kier molecular flexibility index (Phi) is 8.06. The molecule has 0 saturated carbocycles. The number of carbonyl (C=O) groups excluding carboxylic acids is 1. The van der Waals surface area contributed by atoms with Crippen LogP contribution >= 0.6 is 0 Å². The lowest BCUT2D eigenvalue weighted by molar-refractivity contribution is -0.119. The van der Waals surface area contributed by atoms with Gasteiger partial charge in [0.2, 0.25) is 15.9 Å². The van der Waals surface area contributed by atoms with Crippen molar-refractivity contribution in [2.45, 2.75) is 26.5 Å². The molecule has 8 heteroatoms. The zero-order valence-electron chi connectivity index (χ0n) is 18.6. The zero-order chi connectivity index (χ0) is 23.8. The van der Waals surface area contributed by atoms with Gasteiger partial charge in [0.25, 0.3) is 0 Å². The summed E-state index contributed by atoms with van der Waals surface area (Å²) in [5.74, 6) is -0.0452. The second kappa shape index (κ2) is 11.0. The minimum absolute atomic E-state index is 0.254. The maximum absolute atomic E-state index is 13.0. The van der Waals surface area contributed by atoms with Crippen LogP contribution < -0.4 is 14.4 Å². The third kappa shape index (κ3) is 7.05. The van der Waals surface area contributed by atoms with Gasteiger partial charge < -0.3 is 10.1 Å². The molecule has 3 rings (SSSR count). The molecule has 0 atom stereocenters. The van der Waals surface area contributed by atoms with E-state index in [1.54, 1.807) is 36.4 Å². The summed E-state index contributed by atoms with van der Waals surface area (Å²) in [6, 6.07) is 20.5. The Hall–Kier alpha value is -3.39. The summed E-state index contributed by atoms with van der Waals surface area (Å²) < 4.78 is 44.5. The first-order chi connectivity index (χ1) is 15.8. The summed E-state index contributed by atoms with van der Waals surface area (Å²) in [5.41, 5.74) is 3.07. The SMILES string of the molecule is CCc1ccccc1N(CC(=O)NCc1ccc(OCc2ccc(F)cc2)cc1)S(C)(=O)=O. The molecular formula is C25H27FN2O4S. The van der Waals surface area contributed by atoms with Gasteiger partial charge in [-0.1, -0.05) is 49.4 Å². The topological polar surface area (TPSA) is 75.7 Å². The molecule has 0 radical (unpaired) electrons. The molecule has 0 aromatic heterocycles. The Morgan fingerprint density at radius 3 is 2.24 bits per heavy atom. The molecule has 33 heavy (non-hydrogen) atoms. The van der Waals surface area contributed by atoms with Gasteiger partial charge in [-0.15, -0.1) is 0 Å². The van der Waals surface area contributed by atoms with Crippen LogP contribution in [0.15, 0.2) is 72.8 Å². The van der Waals surface area contributed by atoms with Gasteiger partial charge in [-0.2, -0.15) is 0 Å². The van der Waals surface area contributed by atoms with E-state index >= 15 is 0 Å². The van der Waals surface area contributed by atoms with Crippen LogP contribution in [0.5, 0.6) is 5.75 Å². The van der Waals surface area contributed by atoms with Gasteiger partial charge in [-0.05, 0) is 53.4 Å². The van der Waals surface area contributed by atoms with Crippen molar-refractivity contribution in [1.29, 1.82) is 0 Å². The van der Waals surface area contributed by atoms with E-state index in [1.807, 2.05) is 31.2 Å². The molecule has 3 aromatic carbocycles. The number of amides is 1. The van der Waals surface area contributed by atoms with Crippen molar-refractivity contribution in [1.82, 2.24) is 5.32 Å². The van der Waals surface area contributed by atoms with Gasteiger partial charge in [0.1, 0.15) is 24.7 Å². The molecule has 0 heterocycles. The molecule has 1 N–H and O–H groups in total. The van der Waals surface area contributed by atoms with Crippen LogP contribution in [0.3, 0.4) is 0 Å². The van der Waals surface area contributed by atoms with Crippen molar-refractivity contribution >= 4 is 21.6 Å². The van der Waals surface area contributed by atoms with Crippen molar-refractivity contribution in [2.24, 2.45) is 0 Å². The number of carbonyl (C=O) groups is 1. The summed E-state index contributed by atoms with van der Waals surface area (Å²) in [4.78, 5) is 12.5. The zero-order valence-corrected chi connectivity index (χ0v) is 19.4. The third-order valence-corrected chi connectivity index (χ3v) is 6.19. The molecule has 3 aromatic rings. The van der Waals surface area contributed by atoms with E-state index in [2.05, 4.69) is 5.32 Å². The average Bonchev–Trinajstić information content (AvgIpc) is 2.81. The van der Waals surface area contributed by atoms with E-state index < -0.39 is 15.9 Å². The predicted octanol–water partition coefficient (Wildman–Crippen LogP) is 4.05. The number of benzene rings is 3. The van der Waals surface area contributed by atoms with Gasteiger partial charge in [0.15, 0.2) is 0 Å². The van der Waals surface area contributed by atoms with Crippen molar-refractivity contribution in [2.75, 3.05) is 17.1 Å². The number of rotatable bonds is 10. The number of sulfonamides is 1. The van der Waals surface area contributed by atoms with Crippen LogP contribution in [0.4, 0.5) is 10.1 Å². The van der Waals surface area contributed by atoms with E-state index in [0.717, 1.165) is 27.3 Å². The molecular weight excluding hydrogens is 443 g/mol. The Balaban J connectivity index is 1.56.